The Labute approximate surface area is 141 Å². The number of nitrogens with one attached hydrogen (secondary N) is 1. The molecule has 9 heteroatoms. The second-order valence-electron chi connectivity index (χ2n) is 6.11. The molecule has 0 bridgehead atoms. The topological polar surface area (TPSA) is 102 Å². The zero-order valence-electron chi connectivity index (χ0n) is 13.3. The van der Waals surface area contributed by atoms with E-state index in [2.05, 4.69) is 5.32 Å². The van der Waals surface area contributed by atoms with Crippen LogP contribution < -0.4 is 5.32 Å². The zero-order valence-corrected chi connectivity index (χ0v) is 14.1. The van der Waals surface area contributed by atoms with E-state index in [1.54, 1.807) is 0 Å². The molecule has 1 aromatic carbocycles. The number of ether oxygens (including phenoxy) is 1. The number of nitrogens with zero attached hydrogens (tertiary/aromatic N) is 2. The highest BCUT2D eigenvalue weighted by Gasteiger charge is 2.30. The quantitative estimate of drug-likeness (QED) is 0.591. The standard InChI is InChI=1S/C15H21N3O5S/c19-18(20)13-3-4-14(16-6-5-12-1-2-12)15(11-13)24(21,22)17-7-9-23-10-8-17/h3-4,11-12,16H,1-2,5-10H2. The molecule has 1 aliphatic heterocycles. The van der Waals surface area contributed by atoms with Gasteiger partial charge in [0.15, 0.2) is 0 Å². The predicted octanol–water partition coefficient (Wildman–Crippen LogP) is 1.83. The smallest absolute Gasteiger partial charge is 0.270 e. The average molecular weight is 355 g/mol. The number of morpholine rings is 1. The summed E-state index contributed by atoms with van der Waals surface area (Å²) >= 11 is 0. The molecule has 3 rings (SSSR count). The summed E-state index contributed by atoms with van der Waals surface area (Å²) in [7, 11) is -3.80. The van der Waals surface area contributed by atoms with E-state index in [-0.39, 0.29) is 23.7 Å². The molecular formula is C15H21N3O5S. The van der Waals surface area contributed by atoms with E-state index < -0.39 is 14.9 Å². The number of anilines is 1. The molecule has 1 N–H and O–H groups in total. The van der Waals surface area contributed by atoms with E-state index in [0.29, 0.717) is 25.4 Å². The molecule has 1 saturated heterocycles. The third kappa shape index (κ3) is 3.85. The van der Waals surface area contributed by atoms with Crippen LogP contribution in [0.2, 0.25) is 0 Å². The summed E-state index contributed by atoms with van der Waals surface area (Å²) in [4.78, 5) is 10.4. The van der Waals surface area contributed by atoms with Crippen LogP contribution in [-0.4, -0.2) is 50.5 Å². The van der Waals surface area contributed by atoms with Crippen LogP contribution in [-0.2, 0) is 14.8 Å². The predicted molar refractivity (Wildman–Crippen MR) is 88.5 cm³/mol. The van der Waals surface area contributed by atoms with Crippen LogP contribution in [0.4, 0.5) is 11.4 Å². The van der Waals surface area contributed by atoms with Crippen LogP contribution in [0.1, 0.15) is 19.3 Å². The van der Waals surface area contributed by atoms with Gasteiger partial charge in [-0.3, -0.25) is 10.1 Å². The third-order valence-electron chi connectivity index (χ3n) is 4.33. The van der Waals surface area contributed by atoms with E-state index in [9.17, 15) is 18.5 Å². The molecular weight excluding hydrogens is 334 g/mol. The van der Waals surface area contributed by atoms with Gasteiger partial charge < -0.3 is 10.1 Å². The highest BCUT2D eigenvalue weighted by molar-refractivity contribution is 7.89. The molecule has 1 aliphatic carbocycles. The minimum Gasteiger partial charge on any atom is -0.384 e. The van der Waals surface area contributed by atoms with Gasteiger partial charge >= 0.3 is 0 Å². The summed E-state index contributed by atoms with van der Waals surface area (Å²) < 4.78 is 32.3. The van der Waals surface area contributed by atoms with E-state index in [0.717, 1.165) is 18.4 Å². The molecule has 132 valence electrons. The first-order valence-corrected chi connectivity index (χ1v) is 9.52. The van der Waals surface area contributed by atoms with Crippen LogP contribution >= 0.6 is 0 Å². The summed E-state index contributed by atoms with van der Waals surface area (Å²) in [5, 5.41) is 14.2. The summed E-state index contributed by atoms with van der Waals surface area (Å²) in [6.07, 6.45) is 3.43. The highest BCUT2D eigenvalue weighted by atomic mass is 32.2. The van der Waals surface area contributed by atoms with Crippen LogP contribution in [0, 0.1) is 16.0 Å². The number of hydrogen-bond acceptors (Lipinski definition) is 6. The number of benzene rings is 1. The number of non-ortho nitro benzene ring substituents is 1. The van der Waals surface area contributed by atoms with Crippen molar-refractivity contribution in [3.63, 3.8) is 0 Å². The van der Waals surface area contributed by atoms with E-state index in [1.807, 2.05) is 0 Å². The molecule has 2 aliphatic rings. The second-order valence-corrected chi connectivity index (χ2v) is 8.02. The van der Waals surface area contributed by atoms with Crippen molar-refractivity contribution in [1.82, 2.24) is 4.31 Å². The van der Waals surface area contributed by atoms with E-state index in [1.165, 1.54) is 29.3 Å². The monoisotopic (exact) mass is 355 g/mol. The molecule has 0 spiro atoms. The van der Waals surface area contributed by atoms with Crippen LogP contribution in [0.5, 0.6) is 0 Å². The first kappa shape index (κ1) is 17.1. The first-order chi connectivity index (χ1) is 11.5. The van der Waals surface area contributed by atoms with Gasteiger partial charge in [-0.2, -0.15) is 4.31 Å². The van der Waals surface area contributed by atoms with Gasteiger partial charge in [0, 0.05) is 31.8 Å². The van der Waals surface area contributed by atoms with Gasteiger partial charge in [0.05, 0.1) is 23.8 Å². The normalized spacial score (nSPS) is 19.2. The lowest BCUT2D eigenvalue weighted by molar-refractivity contribution is -0.385. The maximum Gasteiger partial charge on any atom is 0.270 e. The molecule has 0 atom stereocenters. The van der Waals surface area contributed by atoms with Gasteiger partial charge in [-0.05, 0) is 18.4 Å². The van der Waals surface area contributed by atoms with Crippen LogP contribution in [0.25, 0.3) is 0 Å². The van der Waals surface area contributed by atoms with Gasteiger partial charge in [0.2, 0.25) is 10.0 Å². The van der Waals surface area contributed by atoms with Gasteiger partial charge in [0.1, 0.15) is 4.90 Å². The Morgan fingerprint density at radius 2 is 2.00 bits per heavy atom. The van der Waals surface area contributed by atoms with Gasteiger partial charge in [0.25, 0.3) is 5.69 Å². The number of sulfonamides is 1. The molecule has 0 radical (unpaired) electrons. The van der Waals surface area contributed by atoms with Crippen LogP contribution in [0.3, 0.4) is 0 Å². The van der Waals surface area contributed by atoms with Crippen molar-refractivity contribution in [2.24, 2.45) is 5.92 Å². The fourth-order valence-corrected chi connectivity index (χ4v) is 4.32. The van der Waals surface area contributed by atoms with Crippen molar-refractivity contribution in [2.45, 2.75) is 24.2 Å². The number of nitro benzene ring substituents is 1. The minimum absolute atomic E-state index is 0.0330. The molecule has 0 amide bonds. The van der Waals surface area contributed by atoms with Crippen molar-refractivity contribution in [2.75, 3.05) is 38.2 Å². The second kappa shape index (κ2) is 7.04. The molecule has 1 aromatic rings. The van der Waals surface area contributed by atoms with Crippen molar-refractivity contribution < 1.29 is 18.1 Å². The minimum atomic E-state index is -3.80. The van der Waals surface area contributed by atoms with Gasteiger partial charge in [-0.1, -0.05) is 12.8 Å². The van der Waals surface area contributed by atoms with Gasteiger partial charge in [-0.25, -0.2) is 8.42 Å². The maximum atomic E-state index is 12.9. The van der Waals surface area contributed by atoms with E-state index in [4.69, 9.17) is 4.74 Å². The van der Waals surface area contributed by atoms with Gasteiger partial charge in [-0.15, -0.1) is 0 Å². The fraction of sp³-hybridized carbons (Fsp3) is 0.600. The maximum absolute atomic E-state index is 12.9. The zero-order chi connectivity index (χ0) is 17.2. The Morgan fingerprint density at radius 1 is 1.29 bits per heavy atom. The number of rotatable bonds is 7. The summed E-state index contributed by atoms with van der Waals surface area (Å²) in [6, 6.07) is 3.96. The summed E-state index contributed by atoms with van der Waals surface area (Å²) in [5.41, 5.74) is 0.197. The first-order valence-electron chi connectivity index (χ1n) is 8.08. The SMILES string of the molecule is O=[N+]([O-])c1ccc(NCCC2CC2)c(S(=O)(=O)N2CCOCC2)c1. The molecule has 8 nitrogen and oxygen atoms in total. The molecule has 1 heterocycles. The third-order valence-corrected chi connectivity index (χ3v) is 6.27. The lowest BCUT2D eigenvalue weighted by Crippen LogP contribution is -2.40. The average Bonchev–Trinajstić information content (AvgIpc) is 3.40. The lowest BCUT2D eigenvalue weighted by Gasteiger charge is -2.27. The molecule has 2 fully saturated rings. The highest BCUT2D eigenvalue weighted by Crippen LogP contribution is 2.33. The molecule has 24 heavy (non-hydrogen) atoms. The molecule has 0 aromatic heterocycles. The Hall–Kier alpha value is -1.71. The van der Waals surface area contributed by atoms with Crippen molar-refractivity contribution in [1.29, 1.82) is 0 Å². The van der Waals surface area contributed by atoms with Crippen molar-refractivity contribution in [3.8, 4) is 0 Å². The molecule has 1 saturated carbocycles. The largest absolute Gasteiger partial charge is 0.384 e. The summed E-state index contributed by atoms with van der Waals surface area (Å²) in [6.45, 7) is 1.84. The number of hydrogen-bond donors (Lipinski definition) is 1. The Balaban J connectivity index is 1.88. The summed E-state index contributed by atoms with van der Waals surface area (Å²) in [5.74, 6) is 0.717. The van der Waals surface area contributed by atoms with Crippen molar-refractivity contribution >= 4 is 21.4 Å². The van der Waals surface area contributed by atoms with Crippen molar-refractivity contribution in [3.05, 3.63) is 28.3 Å². The Bertz CT molecular complexity index is 712. The van der Waals surface area contributed by atoms with E-state index >= 15 is 0 Å². The van der Waals surface area contributed by atoms with Crippen LogP contribution in [0.15, 0.2) is 23.1 Å². The number of nitro groups is 1. The lowest BCUT2D eigenvalue weighted by atomic mass is 10.2. The Morgan fingerprint density at radius 3 is 2.62 bits per heavy atom. The Kier molecular flexibility index (Phi) is 5.02. The molecule has 0 unspecified atom stereocenters. The fourth-order valence-electron chi connectivity index (χ4n) is 2.73.